The van der Waals surface area contributed by atoms with E-state index in [0.717, 1.165) is 19.3 Å². The van der Waals surface area contributed by atoms with Gasteiger partial charge in [0.15, 0.2) is 36.1 Å². The van der Waals surface area contributed by atoms with E-state index in [9.17, 15) is 57.5 Å². The molecular weight excluding hydrogens is 1310 g/mol. The maximum absolute atomic E-state index is 12.4. The summed E-state index contributed by atoms with van der Waals surface area (Å²) in [5, 5.41) is 0. The Morgan fingerprint density at radius 3 is 1.40 bits per heavy atom. The number of rotatable bonds is 17. The van der Waals surface area contributed by atoms with Crippen LogP contribution >= 0.6 is 0 Å². The molecule has 4 saturated carbocycles. The Bertz CT molecular complexity index is 3150. The van der Waals surface area contributed by atoms with E-state index in [1.165, 1.54) is 14.2 Å². The van der Waals surface area contributed by atoms with E-state index in [4.69, 9.17) is 71.1 Å². The fourth-order valence-electron chi connectivity index (χ4n) is 17.1. The molecular formula is C73H102O27. The first-order chi connectivity index (χ1) is 46.6. The molecule has 11 aliphatic heterocycles. The number of hydrogen-bond donors (Lipinski definition) is 0. The van der Waals surface area contributed by atoms with Crippen molar-refractivity contribution in [3.8, 4) is 0 Å². The molecule has 10 bridgehead atoms. The standard InChI is InChI=1S/C16H22O6.C15H20O7.C15H22O4.C14H20O5.C13H18O5/c1-5-16(2,3)15(19)22-12-7-6-8-10(9(7)13(17)20-4)14(18)21-11(8)12;1-5-15(2,3)14(18)22-11-8-6(12(16)19-4)7-9(20-8)10(11)21-13(7)17;1-5-14(2,3)13(17)19-15(4)8-6-9-10(7-8)12(16)18-11(9)15;1-5-13(2,3)12(16)19-14(4)8-6-7-9(17-8)10(14)18-11(7)15;1-4-13(2,3)12(15)18-9-7-5-6-8(16-7)10(9)17-11(6)14/h7-12H,5-6H2,1-4H3;6-11H,5H2,1-4H3;8-11H,5-7H2,1-4H3;7-10H,5-6H2,1-4H3;6-10H,4-5H2,1-3H3. The fraction of sp³-hybridized carbons (Fsp3) is 0.836. The molecule has 0 amide bonds. The molecule has 27 atom stereocenters. The van der Waals surface area contributed by atoms with Crippen LogP contribution in [0.5, 0.6) is 0 Å². The first-order valence-electron chi connectivity index (χ1n) is 35.9. The number of carbonyl (C=O) groups excluding carboxylic acids is 12. The van der Waals surface area contributed by atoms with Gasteiger partial charge in [0, 0.05) is 23.7 Å². The third kappa shape index (κ3) is 12.1. The van der Waals surface area contributed by atoms with Crippen LogP contribution in [-0.2, 0) is 129 Å². The highest BCUT2D eigenvalue weighted by Crippen LogP contribution is 2.62. The second-order valence-corrected chi connectivity index (χ2v) is 33.5. The van der Waals surface area contributed by atoms with E-state index in [2.05, 4.69) is 0 Å². The van der Waals surface area contributed by atoms with Crippen LogP contribution in [0.2, 0.25) is 0 Å². The highest BCUT2D eigenvalue weighted by Gasteiger charge is 2.75. The number of hydrogen-bond acceptors (Lipinski definition) is 27. The van der Waals surface area contributed by atoms with Gasteiger partial charge in [-0.05, 0) is 147 Å². The summed E-state index contributed by atoms with van der Waals surface area (Å²) in [7, 11) is 2.57. The van der Waals surface area contributed by atoms with Gasteiger partial charge in [0.1, 0.15) is 66.3 Å². The van der Waals surface area contributed by atoms with Crippen molar-refractivity contribution in [1.29, 1.82) is 0 Å². The zero-order chi connectivity index (χ0) is 73.5. The molecule has 15 fully saturated rings. The van der Waals surface area contributed by atoms with Crippen molar-refractivity contribution in [2.45, 2.75) is 279 Å². The molecule has 0 aromatic carbocycles. The summed E-state index contributed by atoms with van der Waals surface area (Å²) in [5.41, 5.74) is -4.22. The van der Waals surface area contributed by atoms with Gasteiger partial charge in [0.05, 0.1) is 77.0 Å². The zero-order valence-electron chi connectivity index (χ0n) is 61.0. The Morgan fingerprint density at radius 1 is 0.390 bits per heavy atom. The lowest BCUT2D eigenvalue weighted by Gasteiger charge is -2.38. The van der Waals surface area contributed by atoms with E-state index in [1.807, 2.05) is 104 Å². The second-order valence-electron chi connectivity index (χ2n) is 33.5. The van der Waals surface area contributed by atoms with Crippen molar-refractivity contribution in [3.63, 3.8) is 0 Å². The van der Waals surface area contributed by atoms with Crippen molar-refractivity contribution >= 4 is 71.6 Å². The number of esters is 12. The summed E-state index contributed by atoms with van der Waals surface area (Å²) in [5.74, 6) is -6.04. The molecule has 11 heterocycles. The average molecular weight is 1410 g/mol. The largest absolute Gasteiger partial charge is 0.469 e. The van der Waals surface area contributed by atoms with Crippen molar-refractivity contribution in [3.05, 3.63) is 0 Å². The van der Waals surface area contributed by atoms with Crippen molar-refractivity contribution in [1.82, 2.24) is 0 Å². The average Bonchev–Trinajstić information content (AvgIpc) is 1.59. The first kappa shape index (κ1) is 74.7. The van der Waals surface area contributed by atoms with Crippen LogP contribution in [-0.4, -0.2) is 183 Å². The molecule has 27 unspecified atom stereocenters. The van der Waals surface area contributed by atoms with Crippen LogP contribution in [0.1, 0.15) is 182 Å². The van der Waals surface area contributed by atoms with Crippen molar-refractivity contribution in [2.24, 2.45) is 92.2 Å². The minimum atomic E-state index is -0.836. The van der Waals surface area contributed by atoms with Crippen molar-refractivity contribution < 1.29 is 129 Å². The Morgan fingerprint density at radius 2 is 0.840 bits per heavy atom. The highest BCUT2D eigenvalue weighted by molar-refractivity contribution is 5.88. The van der Waals surface area contributed by atoms with Gasteiger partial charge in [0.25, 0.3) is 0 Å². The molecule has 0 spiro atoms. The smallest absolute Gasteiger partial charge is 0.313 e. The maximum Gasteiger partial charge on any atom is 0.313 e. The molecule has 11 saturated heterocycles. The predicted molar refractivity (Wildman–Crippen MR) is 340 cm³/mol. The molecule has 4 aliphatic carbocycles. The van der Waals surface area contributed by atoms with Gasteiger partial charge in [-0.3, -0.25) is 57.5 Å². The van der Waals surface area contributed by atoms with Crippen LogP contribution in [0.15, 0.2) is 0 Å². The van der Waals surface area contributed by atoms with E-state index >= 15 is 0 Å². The molecule has 15 rings (SSSR count). The molecule has 0 aromatic heterocycles. The van der Waals surface area contributed by atoms with Crippen LogP contribution < -0.4 is 0 Å². The molecule has 0 aromatic rings. The van der Waals surface area contributed by atoms with Crippen molar-refractivity contribution in [2.75, 3.05) is 14.2 Å². The van der Waals surface area contributed by atoms with Crippen LogP contribution in [0.3, 0.4) is 0 Å². The monoisotopic (exact) mass is 1410 g/mol. The van der Waals surface area contributed by atoms with Crippen LogP contribution in [0.25, 0.3) is 0 Å². The molecule has 15 aliphatic rings. The van der Waals surface area contributed by atoms with E-state index in [-0.39, 0.29) is 126 Å². The summed E-state index contributed by atoms with van der Waals surface area (Å²) >= 11 is 0. The van der Waals surface area contributed by atoms with Gasteiger partial charge < -0.3 is 71.1 Å². The van der Waals surface area contributed by atoms with E-state index in [0.29, 0.717) is 44.9 Å². The predicted octanol–water partition coefficient (Wildman–Crippen LogP) is 6.55. The lowest BCUT2D eigenvalue weighted by molar-refractivity contribution is -0.188. The van der Waals surface area contributed by atoms with E-state index < -0.39 is 135 Å². The molecule has 0 N–H and O–H groups in total. The Hall–Kier alpha value is -6.48. The highest BCUT2D eigenvalue weighted by atomic mass is 16.7. The number of methoxy groups -OCH3 is 2. The topological polar surface area (TPSA) is 343 Å². The number of carbonyl (C=O) groups is 12. The lowest BCUT2D eigenvalue weighted by atomic mass is 9.78. The Kier molecular flexibility index (Phi) is 19.7. The summed E-state index contributed by atoms with van der Waals surface area (Å²) in [4.78, 5) is 144. The zero-order valence-corrected chi connectivity index (χ0v) is 61.0. The summed E-state index contributed by atoms with van der Waals surface area (Å²) in [6, 6.07) is 0. The molecule has 0 radical (unpaired) electrons. The van der Waals surface area contributed by atoms with Crippen LogP contribution in [0, 0.1) is 92.2 Å². The van der Waals surface area contributed by atoms with Gasteiger partial charge in [-0.1, -0.05) is 34.6 Å². The number of ether oxygens (including phenoxy) is 15. The fourth-order valence-corrected chi connectivity index (χ4v) is 17.1. The lowest BCUT2D eigenvalue weighted by Crippen LogP contribution is -2.52. The molecule has 100 heavy (non-hydrogen) atoms. The van der Waals surface area contributed by atoms with Gasteiger partial charge >= 0.3 is 71.6 Å². The third-order valence-electron chi connectivity index (χ3n) is 25.9. The van der Waals surface area contributed by atoms with Gasteiger partial charge in [0.2, 0.25) is 0 Å². The summed E-state index contributed by atoms with van der Waals surface area (Å²) in [6.07, 6.45) is 1.21. The summed E-state index contributed by atoms with van der Waals surface area (Å²) in [6.45, 7) is 31.9. The first-order valence-corrected chi connectivity index (χ1v) is 35.9. The summed E-state index contributed by atoms with van der Waals surface area (Å²) < 4.78 is 81.9. The molecule has 27 nitrogen and oxygen atoms in total. The quantitative estimate of drug-likeness (QED) is 0.110. The Labute approximate surface area is 583 Å². The maximum atomic E-state index is 12.4. The normalized spacial score (nSPS) is 41.0. The van der Waals surface area contributed by atoms with E-state index in [1.54, 1.807) is 13.8 Å². The van der Waals surface area contributed by atoms with Gasteiger partial charge in [-0.25, -0.2) is 0 Å². The SMILES string of the molecule is CCC(C)(C)C(=O)OC1(C)C2CC3C(=O)OC1C3C2.CCC(C)(C)C(=O)OC1(C)C2CC3C(=O)OC1C3O2.CCC(C)(C)C(=O)OC1C2CC3C(=O)OC1C3O2.CCC(C)(C)C(=O)OC1C2CC3C1OC(=O)C3C2C(=O)OC.CCC(C)(C)C(=O)OC1C2OC(=O)C3C2OC1C3C(=O)OC. The van der Waals surface area contributed by atoms with Crippen LogP contribution in [0.4, 0.5) is 0 Å². The van der Waals surface area contributed by atoms with Gasteiger partial charge in [-0.2, -0.15) is 0 Å². The minimum absolute atomic E-state index is 0.0378. The third-order valence-corrected chi connectivity index (χ3v) is 25.9. The number of fused-ring (bicyclic) bond motifs is 5. The molecule has 27 heteroatoms. The molecule has 556 valence electrons. The minimum Gasteiger partial charge on any atom is -0.469 e. The van der Waals surface area contributed by atoms with Gasteiger partial charge in [-0.15, -0.1) is 0 Å². The second kappa shape index (κ2) is 26.3. The Balaban J connectivity index is 0.000000126.